The summed E-state index contributed by atoms with van der Waals surface area (Å²) in [7, 11) is 0. The molecule has 4 heterocycles. The van der Waals surface area contributed by atoms with E-state index >= 15 is 0 Å². The van der Waals surface area contributed by atoms with Gasteiger partial charge in [0.05, 0.1) is 5.39 Å². The fourth-order valence-electron chi connectivity index (χ4n) is 3.88. The van der Waals surface area contributed by atoms with Crippen LogP contribution in [0.5, 0.6) is 0 Å². The van der Waals surface area contributed by atoms with Crippen molar-refractivity contribution >= 4 is 61.2 Å². The Kier molecular flexibility index (Phi) is 5.04. The topological polar surface area (TPSA) is 127 Å². The zero-order valence-corrected chi connectivity index (χ0v) is 20.0. The number of carbonyl (C=O) groups is 2. The Morgan fingerprint density at radius 1 is 1.14 bits per heavy atom. The van der Waals surface area contributed by atoms with Crippen molar-refractivity contribution in [2.75, 3.05) is 5.32 Å². The Balaban J connectivity index is 1.33. The molecule has 176 valence electrons. The maximum atomic E-state index is 12.8. The molecule has 1 unspecified atom stereocenters. The van der Waals surface area contributed by atoms with Crippen molar-refractivity contribution in [1.82, 2.24) is 15.0 Å². The molecular formula is C24H18N4O5S2. The standard InChI is InChI=1S/C24H18N4O5S2/c1-12(13-6-3-2-4-7-13)32-23(31)26-15-14-8-5-11-25-18(14)33-16(15)19-27-17-20(34-19)35-21(28-17)24(9-10-24)22(29)30/h2-8,11-12H,9-10H2,1H3,(H,26,31)(H,29,30). The first-order valence-corrected chi connectivity index (χ1v) is 12.5. The predicted octanol–water partition coefficient (Wildman–Crippen LogP) is 5.99. The van der Waals surface area contributed by atoms with Crippen molar-refractivity contribution in [2.45, 2.75) is 31.3 Å². The number of thiazole rings is 2. The van der Waals surface area contributed by atoms with E-state index in [1.807, 2.05) is 30.3 Å². The summed E-state index contributed by atoms with van der Waals surface area (Å²) in [5.74, 6) is -0.503. The predicted molar refractivity (Wildman–Crippen MR) is 132 cm³/mol. The van der Waals surface area contributed by atoms with E-state index in [0.29, 0.717) is 51.1 Å². The number of pyridine rings is 1. The molecule has 1 atom stereocenters. The minimum Gasteiger partial charge on any atom is -0.481 e. The molecule has 1 amide bonds. The lowest BCUT2D eigenvalue weighted by Gasteiger charge is -2.14. The van der Waals surface area contributed by atoms with Crippen LogP contribution in [-0.4, -0.2) is 32.1 Å². The molecule has 5 aromatic rings. The van der Waals surface area contributed by atoms with Gasteiger partial charge in [-0.25, -0.2) is 19.7 Å². The van der Waals surface area contributed by atoms with Gasteiger partial charge in [0.2, 0.25) is 5.71 Å². The molecule has 9 nitrogen and oxygen atoms in total. The Labute approximate surface area is 206 Å². The number of aromatic nitrogens is 3. The third-order valence-corrected chi connectivity index (χ3v) is 8.37. The molecule has 0 aliphatic heterocycles. The van der Waals surface area contributed by atoms with Crippen molar-refractivity contribution < 1.29 is 23.8 Å². The van der Waals surface area contributed by atoms with Crippen LogP contribution in [0.15, 0.2) is 53.1 Å². The lowest BCUT2D eigenvalue weighted by atomic mass is 10.1. The number of aliphatic carboxylic acids is 1. The van der Waals surface area contributed by atoms with Crippen molar-refractivity contribution in [1.29, 1.82) is 0 Å². The first-order chi connectivity index (χ1) is 16.9. The lowest BCUT2D eigenvalue weighted by Crippen LogP contribution is -2.18. The molecule has 1 aromatic carbocycles. The number of nitrogens with zero attached hydrogens (tertiary/aromatic N) is 3. The molecule has 11 heteroatoms. The number of benzene rings is 1. The maximum absolute atomic E-state index is 12.8. The Morgan fingerprint density at radius 3 is 2.66 bits per heavy atom. The quantitative estimate of drug-likeness (QED) is 0.288. The van der Waals surface area contributed by atoms with Gasteiger partial charge in [0.1, 0.15) is 26.2 Å². The highest BCUT2D eigenvalue weighted by Gasteiger charge is 2.54. The van der Waals surface area contributed by atoms with Crippen molar-refractivity contribution in [3.63, 3.8) is 0 Å². The van der Waals surface area contributed by atoms with Crippen molar-refractivity contribution in [2.24, 2.45) is 0 Å². The van der Waals surface area contributed by atoms with E-state index in [9.17, 15) is 14.7 Å². The number of rotatable bonds is 6. The number of nitrogens with one attached hydrogen (secondary N) is 1. The molecule has 0 radical (unpaired) electrons. The van der Waals surface area contributed by atoms with Crippen molar-refractivity contribution in [3.8, 4) is 10.8 Å². The van der Waals surface area contributed by atoms with E-state index in [2.05, 4.69) is 20.3 Å². The van der Waals surface area contributed by atoms with Crippen LogP contribution in [0.4, 0.5) is 10.5 Å². The molecule has 6 rings (SSSR count). The largest absolute Gasteiger partial charge is 0.481 e. The van der Waals surface area contributed by atoms with E-state index in [4.69, 9.17) is 9.15 Å². The van der Waals surface area contributed by atoms with Crippen LogP contribution in [0.2, 0.25) is 0 Å². The third kappa shape index (κ3) is 3.72. The van der Waals surface area contributed by atoms with E-state index in [1.165, 1.54) is 22.7 Å². The molecule has 4 aromatic heterocycles. The Bertz CT molecular complexity index is 1550. The summed E-state index contributed by atoms with van der Waals surface area (Å²) in [4.78, 5) is 37.8. The summed E-state index contributed by atoms with van der Waals surface area (Å²) in [5.41, 5.74) is 1.23. The van der Waals surface area contributed by atoms with E-state index in [1.54, 1.807) is 25.3 Å². The van der Waals surface area contributed by atoms with Crippen LogP contribution in [0.1, 0.15) is 36.4 Å². The highest BCUT2D eigenvalue weighted by Crippen LogP contribution is 2.52. The molecule has 2 N–H and O–H groups in total. The zero-order valence-electron chi connectivity index (χ0n) is 18.3. The molecule has 0 spiro atoms. The molecule has 1 saturated carbocycles. The van der Waals surface area contributed by atoms with Gasteiger partial charge in [0.25, 0.3) is 0 Å². The molecule has 1 aliphatic rings. The van der Waals surface area contributed by atoms with Crippen LogP contribution in [0, 0.1) is 0 Å². The van der Waals surface area contributed by atoms with Crippen LogP contribution in [0.25, 0.3) is 31.5 Å². The van der Waals surface area contributed by atoms with Crippen LogP contribution >= 0.6 is 22.7 Å². The van der Waals surface area contributed by atoms with Crippen LogP contribution < -0.4 is 5.32 Å². The molecule has 1 fully saturated rings. The Hall–Kier alpha value is -3.83. The van der Waals surface area contributed by atoms with E-state index < -0.39 is 23.6 Å². The van der Waals surface area contributed by atoms with Gasteiger partial charge in [-0.3, -0.25) is 10.1 Å². The SMILES string of the molecule is CC(OC(=O)Nc1c(-c2nc3nc(C4(C(=O)O)CC4)sc3s2)oc2ncccc12)c1ccccc1. The maximum Gasteiger partial charge on any atom is 0.412 e. The van der Waals surface area contributed by atoms with Gasteiger partial charge < -0.3 is 14.3 Å². The van der Waals surface area contributed by atoms with E-state index in [-0.39, 0.29) is 0 Å². The first kappa shape index (κ1) is 21.7. The van der Waals surface area contributed by atoms with Gasteiger partial charge in [0.15, 0.2) is 16.4 Å². The normalized spacial score (nSPS) is 15.2. The zero-order chi connectivity index (χ0) is 24.2. The highest BCUT2D eigenvalue weighted by atomic mass is 32.2. The molecule has 0 bridgehead atoms. The second-order valence-corrected chi connectivity index (χ2v) is 10.5. The molecule has 0 saturated heterocycles. The molecule has 1 aliphatic carbocycles. The average molecular weight is 507 g/mol. The summed E-state index contributed by atoms with van der Waals surface area (Å²) >= 11 is 2.67. The van der Waals surface area contributed by atoms with Crippen molar-refractivity contribution in [3.05, 3.63) is 59.2 Å². The Morgan fingerprint density at radius 2 is 1.94 bits per heavy atom. The summed E-state index contributed by atoms with van der Waals surface area (Å²) in [6, 6.07) is 13.0. The number of furan rings is 1. The minimum absolute atomic E-state index is 0.346. The number of hydrogen-bond donors (Lipinski definition) is 2. The van der Waals surface area contributed by atoms with Gasteiger partial charge >= 0.3 is 12.1 Å². The number of carboxylic acids is 1. The summed E-state index contributed by atoms with van der Waals surface area (Å²) in [6.07, 6.45) is 1.69. The third-order valence-electron chi connectivity index (χ3n) is 5.99. The number of anilines is 1. The lowest BCUT2D eigenvalue weighted by molar-refractivity contribution is -0.140. The van der Waals surface area contributed by atoms with Gasteiger partial charge in [-0.05, 0) is 37.5 Å². The molecular weight excluding hydrogens is 488 g/mol. The fraction of sp³-hybridized carbons (Fsp3) is 0.208. The second kappa shape index (κ2) is 8.14. The van der Waals surface area contributed by atoms with E-state index in [0.717, 1.165) is 9.58 Å². The van der Waals surface area contributed by atoms with Gasteiger partial charge in [-0.1, -0.05) is 41.7 Å². The molecule has 35 heavy (non-hydrogen) atoms. The second-order valence-electron chi connectivity index (χ2n) is 8.28. The number of fused-ring (bicyclic) bond motifs is 2. The average Bonchev–Trinajstić information content (AvgIpc) is 3.26. The summed E-state index contributed by atoms with van der Waals surface area (Å²) in [5, 5.41) is 14.1. The number of amides is 1. The number of carboxylic acid groups (broad SMARTS) is 1. The van der Waals surface area contributed by atoms with Gasteiger partial charge in [-0.2, -0.15) is 0 Å². The minimum atomic E-state index is -0.875. The highest BCUT2D eigenvalue weighted by molar-refractivity contribution is 7.39. The smallest absolute Gasteiger partial charge is 0.412 e. The summed E-state index contributed by atoms with van der Waals surface area (Å²) < 4.78 is 12.3. The number of hydrogen-bond acceptors (Lipinski definition) is 9. The summed E-state index contributed by atoms with van der Waals surface area (Å²) in [6.45, 7) is 1.80. The van der Waals surface area contributed by atoms with Crippen LogP contribution in [0.3, 0.4) is 0 Å². The van der Waals surface area contributed by atoms with Crippen LogP contribution in [-0.2, 0) is 14.9 Å². The van der Waals surface area contributed by atoms with Gasteiger partial charge in [0, 0.05) is 6.20 Å². The monoisotopic (exact) mass is 506 g/mol. The van der Waals surface area contributed by atoms with Gasteiger partial charge in [-0.15, -0.1) is 11.3 Å². The number of ether oxygens (including phenoxy) is 1. The first-order valence-electron chi connectivity index (χ1n) is 10.9. The number of carbonyl (C=O) groups excluding carboxylic acids is 1. The fourth-order valence-corrected chi connectivity index (χ4v) is 6.22.